The van der Waals surface area contributed by atoms with Gasteiger partial charge in [-0.25, -0.2) is 0 Å². The Morgan fingerprint density at radius 2 is 2.00 bits per heavy atom. The third kappa shape index (κ3) is 3.43. The Labute approximate surface area is 180 Å². The molecule has 2 unspecified atom stereocenters. The first-order chi connectivity index (χ1) is 14.6. The van der Waals surface area contributed by atoms with Crippen LogP contribution in [0.5, 0.6) is 0 Å². The van der Waals surface area contributed by atoms with Crippen molar-refractivity contribution >= 4 is 29.1 Å². The fourth-order valence-corrected chi connectivity index (χ4v) is 5.22. The fourth-order valence-electron chi connectivity index (χ4n) is 5.09. The van der Waals surface area contributed by atoms with E-state index >= 15 is 0 Å². The van der Waals surface area contributed by atoms with Crippen LogP contribution in [0.4, 0.5) is 5.69 Å². The fraction of sp³-hybridized carbons (Fsp3) is 0.545. The SMILES string of the molecule is O=C(NCCCN1CCOCC1)C1C2C(=O)N(c3ccc(Cl)cc3)C[C@@]23C=C[C@H]1O3. The van der Waals surface area contributed by atoms with Crippen LogP contribution in [-0.4, -0.2) is 74.4 Å². The van der Waals surface area contributed by atoms with E-state index in [0.29, 0.717) is 18.1 Å². The molecule has 0 aliphatic carbocycles. The first-order valence-corrected chi connectivity index (χ1v) is 11.0. The Bertz CT molecular complexity index is 854. The van der Waals surface area contributed by atoms with E-state index in [9.17, 15) is 9.59 Å². The van der Waals surface area contributed by atoms with Gasteiger partial charge in [0.05, 0.1) is 37.7 Å². The van der Waals surface area contributed by atoms with Crippen LogP contribution in [0.1, 0.15) is 6.42 Å². The van der Waals surface area contributed by atoms with Crippen LogP contribution >= 0.6 is 11.6 Å². The number of carbonyl (C=O) groups excluding carboxylic acids is 2. The van der Waals surface area contributed by atoms with E-state index in [1.165, 1.54) is 0 Å². The molecule has 2 amide bonds. The number of ether oxygens (including phenoxy) is 2. The van der Waals surface area contributed by atoms with Crippen molar-refractivity contribution < 1.29 is 19.1 Å². The Morgan fingerprint density at radius 3 is 2.77 bits per heavy atom. The molecule has 160 valence electrons. The maximum Gasteiger partial charge on any atom is 0.234 e. The summed E-state index contributed by atoms with van der Waals surface area (Å²) in [6, 6.07) is 7.19. The second-order valence-corrected chi connectivity index (χ2v) is 8.84. The summed E-state index contributed by atoms with van der Waals surface area (Å²) < 4.78 is 11.5. The van der Waals surface area contributed by atoms with Crippen LogP contribution in [0, 0.1) is 11.8 Å². The zero-order chi connectivity index (χ0) is 20.7. The highest BCUT2D eigenvalue weighted by Crippen LogP contribution is 2.52. The van der Waals surface area contributed by atoms with Crippen LogP contribution in [0.15, 0.2) is 36.4 Å². The van der Waals surface area contributed by atoms with Crippen LogP contribution in [0.2, 0.25) is 5.02 Å². The Kier molecular flexibility index (Phi) is 5.31. The van der Waals surface area contributed by atoms with Gasteiger partial charge in [-0.3, -0.25) is 14.5 Å². The van der Waals surface area contributed by atoms with E-state index < -0.39 is 17.4 Å². The van der Waals surface area contributed by atoms with Gasteiger partial charge in [0.2, 0.25) is 11.8 Å². The van der Waals surface area contributed by atoms with Crippen molar-refractivity contribution in [2.45, 2.75) is 18.1 Å². The monoisotopic (exact) mass is 431 g/mol. The number of halogens is 1. The minimum atomic E-state index is -0.711. The Balaban J connectivity index is 1.23. The number of morpholine rings is 1. The van der Waals surface area contributed by atoms with Crippen LogP contribution in [0.3, 0.4) is 0 Å². The van der Waals surface area contributed by atoms with E-state index in [-0.39, 0.29) is 17.9 Å². The quantitative estimate of drug-likeness (QED) is 0.545. The molecule has 7 nitrogen and oxygen atoms in total. The van der Waals surface area contributed by atoms with E-state index in [2.05, 4.69) is 10.2 Å². The van der Waals surface area contributed by atoms with Gasteiger partial charge in [0.1, 0.15) is 5.60 Å². The molecule has 4 aliphatic rings. The van der Waals surface area contributed by atoms with Crippen LogP contribution in [0.25, 0.3) is 0 Å². The number of fused-ring (bicyclic) bond motifs is 1. The predicted molar refractivity (Wildman–Crippen MR) is 112 cm³/mol. The number of nitrogens with one attached hydrogen (secondary N) is 1. The van der Waals surface area contributed by atoms with Gasteiger partial charge in [-0.2, -0.15) is 0 Å². The first-order valence-electron chi connectivity index (χ1n) is 10.6. The standard InChI is InChI=1S/C22H26ClN3O4/c23-15-2-4-16(5-3-15)26-14-22-7-6-17(30-22)18(19(22)21(26)28)20(27)24-8-1-9-25-10-12-29-13-11-25/h2-7,17-19H,1,8-14H2,(H,24,27)/t17-,18?,19?,22+/m1/s1. The lowest BCUT2D eigenvalue weighted by molar-refractivity contribution is -0.131. The molecule has 1 aromatic rings. The topological polar surface area (TPSA) is 71.1 Å². The van der Waals surface area contributed by atoms with E-state index in [0.717, 1.165) is 45.0 Å². The summed E-state index contributed by atoms with van der Waals surface area (Å²) in [6.07, 6.45) is 4.46. The zero-order valence-corrected chi connectivity index (χ0v) is 17.5. The largest absolute Gasteiger partial charge is 0.379 e. The van der Waals surface area contributed by atoms with E-state index in [4.69, 9.17) is 21.1 Å². The van der Waals surface area contributed by atoms with Crippen molar-refractivity contribution in [3.63, 3.8) is 0 Å². The summed E-state index contributed by atoms with van der Waals surface area (Å²) in [5.74, 6) is -1.12. The molecule has 4 aliphatic heterocycles. The number of rotatable bonds is 6. The average Bonchev–Trinajstić information content (AvgIpc) is 3.41. The highest BCUT2D eigenvalue weighted by molar-refractivity contribution is 6.30. The Hall–Kier alpha value is -1.93. The lowest BCUT2D eigenvalue weighted by Crippen LogP contribution is -2.45. The summed E-state index contributed by atoms with van der Waals surface area (Å²) in [5.41, 5.74) is 0.0651. The maximum absolute atomic E-state index is 13.3. The molecule has 3 fully saturated rings. The molecule has 1 aromatic carbocycles. The lowest BCUT2D eigenvalue weighted by atomic mass is 9.77. The van der Waals surface area contributed by atoms with Crippen molar-refractivity contribution in [3.05, 3.63) is 41.4 Å². The minimum absolute atomic E-state index is 0.0577. The first kappa shape index (κ1) is 20.0. The minimum Gasteiger partial charge on any atom is -0.379 e. The van der Waals surface area contributed by atoms with E-state index in [1.807, 2.05) is 24.3 Å². The summed E-state index contributed by atoms with van der Waals surface area (Å²) in [4.78, 5) is 30.4. The maximum atomic E-state index is 13.3. The highest BCUT2D eigenvalue weighted by Gasteiger charge is 2.67. The summed E-state index contributed by atoms with van der Waals surface area (Å²) in [6.45, 7) is 5.38. The molecule has 4 atom stereocenters. The third-order valence-corrected chi connectivity index (χ3v) is 6.85. The molecule has 3 saturated heterocycles. The molecule has 4 heterocycles. The highest BCUT2D eigenvalue weighted by atomic mass is 35.5. The Morgan fingerprint density at radius 1 is 1.23 bits per heavy atom. The predicted octanol–water partition coefficient (Wildman–Crippen LogP) is 1.46. The van der Waals surface area contributed by atoms with E-state index in [1.54, 1.807) is 17.0 Å². The third-order valence-electron chi connectivity index (χ3n) is 6.60. The van der Waals surface area contributed by atoms with Crippen LogP contribution < -0.4 is 10.2 Å². The van der Waals surface area contributed by atoms with Crippen molar-refractivity contribution in [3.8, 4) is 0 Å². The molecule has 0 saturated carbocycles. The van der Waals surface area contributed by atoms with Gasteiger partial charge in [0.15, 0.2) is 0 Å². The van der Waals surface area contributed by atoms with Crippen molar-refractivity contribution in [2.24, 2.45) is 11.8 Å². The zero-order valence-electron chi connectivity index (χ0n) is 16.8. The number of amides is 2. The van der Waals surface area contributed by atoms with Gasteiger partial charge in [-0.15, -0.1) is 0 Å². The molecule has 0 radical (unpaired) electrons. The van der Waals surface area contributed by atoms with Gasteiger partial charge >= 0.3 is 0 Å². The number of nitrogens with zero attached hydrogens (tertiary/aromatic N) is 2. The smallest absolute Gasteiger partial charge is 0.234 e. The molecular formula is C22H26ClN3O4. The average molecular weight is 432 g/mol. The number of anilines is 1. The van der Waals surface area contributed by atoms with Gasteiger partial charge in [-0.1, -0.05) is 23.8 Å². The molecule has 1 spiro atoms. The van der Waals surface area contributed by atoms with Gasteiger partial charge in [-0.05, 0) is 37.2 Å². The van der Waals surface area contributed by atoms with Gasteiger partial charge < -0.3 is 19.7 Å². The number of carbonyl (C=O) groups is 2. The number of hydrogen-bond donors (Lipinski definition) is 1. The van der Waals surface area contributed by atoms with Gasteiger partial charge in [0, 0.05) is 30.3 Å². The summed E-state index contributed by atoms with van der Waals surface area (Å²) >= 11 is 5.99. The molecular weight excluding hydrogens is 406 g/mol. The van der Waals surface area contributed by atoms with Gasteiger partial charge in [0.25, 0.3) is 0 Å². The second kappa shape index (κ2) is 7.96. The molecule has 1 N–H and O–H groups in total. The molecule has 8 heteroatoms. The van der Waals surface area contributed by atoms with Crippen LogP contribution in [-0.2, 0) is 19.1 Å². The second-order valence-electron chi connectivity index (χ2n) is 8.40. The molecule has 2 bridgehead atoms. The number of hydrogen-bond acceptors (Lipinski definition) is 5. The normalized spacial score (nSPS) is 32.6. The molecule has 30 heavy (non-hydrogen) atoms. The summed E-state index contributed by atoms with van der Waals surface area (Å²) in [5, 5.41) is 3.66. The molecule has 5 rings (SSSR count). The van der Waals surface area contributed by atoms with Crippen molar-refractivity contribution in [1.29, 1.82) is 0 Å². The van der Waals surface area contributed by atoms with Crippen molar-refractivity contribution in [2.75, 3.05) is 50.8 Å². The number of benzene rings is 1. The summed E-state index contributed by atoms with van der Waals surface area (Å²) in [7, 11) is 0. The van der Waals surface area contributed by atoms with Crippen molar-refractivity contribution in [1.82, 2.24) is 10.2 Å². The lowest BCUT2D eigenvalue weighted by Gasteiger charge is -2.27. The molecule has 0 aromatic heterocycles.